The van der Waals surface area contributed by atoms with Gasteiger partial charge in [0.2, 0.25) is 0 Å². The molecule has 0 aliphatic carbocycles. The monoisotopic (exact) mass is 842 g/mol. The Bertz CT molecular complexity index is 2070. The van der Waals surface area contributed by atoms with Crippen LogP contribution in [0.25, 0.3) is 0 Å². The van der Waals surface area contributed by atoms with E-state index in [4.69, 9.17) is 58.5 Å². The van der Waals surface area contributed by atoms with Crippen molar-refractivity contribution in [1.82, 2.24) is 0 Å². The van der Waals surface area contributed by atoms with Crippen molar-refractivity contribution in [3.05, 3.63) is 179 Å². The first-order chi connectivity index (χ1) is 30.7. The fraction of sp³-hybridized carbons (Fsp3) is 0.373. The molecular formula is C51H54O11. The smallest absolute Gasteiger partial charge is 0.187 e. The molecule has 11 nitrogen and oxygen atoms in total. The van der Waals surface area contributed by atoms with Gasteiger partial charge >= 0.3 is 0 Å². The number of fused-ring (bicyclic) bond motifs is 1. The summed E-state index contributed by atoms with van der Waals surface area (Å²) < 4.78 is 73.2. The van der Waals surface area contributed by atoms with Gasteiger partial charge in [-0.2, -0.15) is 0 Å². The van der Waals surface area contributed by atoms with Gasteiger partial charge in [-0.1, -0.05) is 158 Å². The predicted octanol–water partition coefficient (Wildman–Crippen LogP) is 7.57. The van der Waals surface area contributed by atoms with Gasteiger partial charge in [0.1, 0.15) is 55.4 Å². The van der Waals surface area contributed by atoms with Crippen molar-refractivity contribution < 1.29 is 52.1 Å². The zero-order valence-corrected chi connectivity index (χ0v) is 34.8. The number of benzene rings is 5. The first-order valence-electron chi connectivity index (χ1n) is 21.1. The molecule has 3 heterocycles. The Kier molecular flexibility index (Phi) is 15.9. The van der Waals surface area contributed by atoms with E-state index < -0.39 is 67.7 Å². The number of rotatable bonds is 19. The summed E-state index contributed by atoms with van der Waals surface area (Å²) >= 11 is 0. The van der Waals surface area contributed by atoms with E-state index in [1.54, 1.807) is 7.11 Å². The average Bonchev–Trinajstić information content (AvgIpc) is 3.33. The number of hydrogen-bond donors (Lipinski definition) is 0. The second kappa shape index (κ2) is 22.5. The summed E-state index contributed by atoms with van der Waals surface area (Å²) in [4.78, 5) is 0. The van der Waals surface area contributed by atoms with Crippen LogP contribution < -0.4 is 0 Å². The SMILES string of the molecule is C#CCO[C@@H]1[C@H](OCc2ccccc2)[C@H](O[C@H]2[C@H](OCc3ccccc3)[C@@H](OCc3ccccc3)[C@@H](OC)O[C@@H]2COCc2ccccc2)O[C@@H]2CO[C@@H](c3ccccc3)O[C@@H]12. The Morgan fingerprint density at radius 2 is 1.03 bits per heavy atom. The normalized spacial score (nSPS) is 28.4. The molecule has 3 fully saturated rings. The van der Waals surface area contributed by atoms with E-state index in [0.29, 0.717) is 6.61 Å². The number of methoxy groups -OCH3 is 1. The molecular weight excluding hydrogens is 789 g/mol. The highest BCUT2D eigenvalue weighted by atomic mass is 16.8. The maximum Gasteiger partial charge on any atom is 0.187 e. The van der Waals surface area contributed by atoms with Crippen LogP contribution >= 0.6 is 0 Å². The third-order valence-corrected chi connectivity index (χ3v) is 11.1. The molecule has 324 valence electrons. The van der Waals surface area contributed by atoms with Crippen LogP contribution in [0.15, 0.2) is 152 Å². The van der Waals surface area contributed by atoms with Crippen LogP contribution in [0.2, 0.25) is 0 Å². The molecule has 0 saturated carbocycles. The van der Waals surface area contributed by atoms with Crippen LogP contribution in [0.4, 0.5) is 0 Å². The lowest BCUT2D eigenvalue weighted by atomic mass is 9.95. The summed E-state index contributed by atoms with van der Waals surface area (Å²) in [6, 6.07) is 49.5. The zero-order chi connectivity index (χ0) is 42.4. The van der Waals surface area contributed by atoms with Crippen LogP contribution in [0.1, 0.15) is 34.1 Å². The van der Waals surface area contributed by atoms with E-state index in [0.717, 1.165) is 27.8 Å². The van der Waals surface area contributed by atoms with Gasteiger partial charge in [-0.05, 0) is 22.3 Å². The molecule has 0 N–H and O–H groups in total. The summed E-state index contributed by atoms with van der Waals surface area (Å²) in [6.07, 6.45) is -2.61. The van der Waals surface area contributed by atoms with Crippen molar-refractivity contribution in [1.29, 1.82) is 0 Å². The highest BCUT2D eigenvalue weighted by Gasteiger charge is 2.55. The summed E-state index contributed by atoms with van der Waals surface area (Å²) in [7, 11) is 1.60. The van der Waals surface area contributed by atoms with Crippen molar-refractivity contribution in [2.75, 3.05) is 26.9 Å². The van der Waals surface area contributed by atoms with Gasteiger partial charge in [-0.25, -0.2) is 0 Å². The van der Waals surface area contributed by atoms with Crippen molar-refractivity contribution in [3.8, 4) is 12.3 Å². The number of terminal acetylenes is 1. The molecule has 0 spiro atoms. The third-order valence-electron chi connectivity index (χ3n) is 11.1. The fourth-order valence-electron chi connectivity index (χ4n) is 8.00. The minimum absolute atomic E-state index is 0.00223. The van der Waals surface area contributed by atoms with E-state index in [1.807, 2.05) is 152 Å². The van der Waals surface area contributed by atoms with Crippen LogP contribution in [-0.4, -0.2) is 88.3 Å². The Hall–Kier alpha value is -4.78. The Morgan fingerprint density at radius 3 is 1.56 bits per heavy atom. The number of hydrogen-bond acceptors (Lipinski definition) is 11. The van der Waals surface area contributed by atoms with Crippen LogP contribution in [0, 0.1) is 12.3 Å². The van der Waals surface area contributed by atoms with Crippen LogP contribution in [0.5, 0.6) is 0 Å². The summed E-state index contributed by atoms with van der Waals surface area (Å²) in [5.74, 6) is 2.64. The molecule has 5 aromatic carbocycles. The molecule has 3 saturated heterocycles. The van der Waals surface area contributed by atoms with E-state index in [2.05, 4.69) is 5.92 Å². The third kappa shape index (κ3) is 11.4. The minimum Gasteiger partial charge on any atom is -0.374 e. The number of ether oxygens (including phenoxy) is 11. The Balaban J connectivity index is 1.14. The van der Waals surface area contributed by atoms with Gasteiger partial charge in [-0.15, -0.1) is 6.42 Å². The van der Waals surface area contributed by atoms with Gasteiger partial charge in [0.15, 0.2) is 18.9 Å². The summed E-state index contributed by atoms with van der Waals surface area (Å²) in [5, 5.41) is 0. The molecule has 8 rings (SSSR count). The highest BCUT2D eigenvalue weighted by molar-refractivity contribution is 5.18. The second-order valence-electron chi connectivity index (χ2n) is 15.4. The molecule has 11 atom stereocenters. The molecule has 62 heavy (non-hydrogen) atoms. The molecule has 0 aromatic heterocycles. The van der Waals surface area contributed by atoms with Gasteiger partial charge in [0, 0.05) is 12.7 Å². The Labute approximate surface area is 364 Å². The lowest BCUT2D eigenvalue weighted by molar-refractivity contribution is -0.395. The topological polar surface area (TPSA) is 102 Å². The van der Waals surface area contributed by atoms with E-state index in [-0.39, 0.29) is 39.6 Å². The van der Waals surface area contributed by atoms with Crippen molar-refractivity contribution >= 4 is 0 Å². The lowest BCUT2D eigenvalue weighted by Crippen LogP contribution is -2.67. The van der Waals surface area contributed by atoms with Gasteiger partial charge in [0.25, 0.3) is 0 Å². The molecule has 0 bridgehead atoms. The first-order valence-corrected chi connectivity index (χ1v) is 21.1. The molecule has 3 aliphatic heterocycles. The van der Waals surface area contributed by atoms with Gasteiger partial charge < -0.3 is 52.1 Å². The van der Waals surface area contributed by atoms with Crippen molar-refractivity contribution in [3.63, 3.8) is 0 Å². The summed E-state index contributed by atoms with van der Waals surface area (Å²) in [5.41, 5.74) is 4.78. The van der Waals surface area contributed by atoms with Gasteiger partial charge in [-0.3, -0.25) is 0 Å². The van der Waals surface area contributed by atoms with Crippen LogP contribution in [0.3, 0.4) is 0 Å². The zero-order valence-electron chi connectivity index (χ0n) is 34.8. The molecule has 5 aromatic rings. The first kappa shape index (κ1) is 43.9. The average molecular weight is 843 g/mol. The van der Waals surface area contributed by atoms with E-state index in [9.17, 15) is 0 Å². The lowest BCUT2D eigenvalue weighted by Gasteiger charge is -2.51. The fourth-order valence-corrected chi connectivity index (χ4v) is 8.00. The highest BCUT2D eigenvalue weighted by Crippen LogP contribution is 2.39. The molecule has 0 unspecified atom stereocenters. The summed E-state index contributed by atoms with van der Waals surface area (Å²) in [6.45, 7) is 1.43. The van der Waals surface area contributed by atoms with E-state index >= 15 is 0 Å². The maximum atomic E-state index is 7.24. The van der Waals surface area contributed by atoms with Gasteiger partial charge in [0.05, 0.1) is 39.6 Å². The maximum absolute atomic E-state index is 7.24. The standard InChI is InChI=1S/C51H54O11/c1-3-29-54-45-44-42(35-58-49(61-44)40-27-17-8-18-28-40)60-51(48(45)57-33-39-25-15-7-16-26-39)62-43-41(34-53-30-36-19-9-4-10-20-36)59-50(52-2)47(56-32-38-23-13-6-14-24-38)46(43)55-31-37-21-11-5-12-22-37/h1,4-28,41-51H,29-35H2,2H3/t41-,42-,43-,44-,45+,46+,47-,48+,49-,50+,51+/m1/s1. The van der Waals surface area contributed by atoms with E-state index in [1.165, 1.54) is 0 Å². The second-order valence-corrected chi connectivity index (χ2v) is 15.4. The molecule has 3 aliphatic rings. The Morgan fingerprint density at radius 1 is 0.532 bits per heavy atom. The quantitative estimate of drug-likeness (QED) is 0.0770. The minimum atomic E-state index is -1.05. The van der Waals surface area contributed by atoms with Crippen LogP contribution in [-0.2, 0) is 78.5 Å². The molecule has 0 radical (unpaired) electrons. The van der Waals surface area contributed by atoms with Crippen molar-refractivity contribution in [2.24, 2.45) is 0 Å². The molecule has 0 amide bonds. The predicted molar refractivity (Wildman–Crippen MR) is 229 cm³/mol. The van der Waals surface area contributed by atoms with Crippen molar-refractivity contribution in [2.45, 2.75) is 94.1 Å². The largest absolute Gasteiger partial charge is 0.374 e. The molecule has 11 heteroatoms.